The van der Waals surface area contributed by atoms with E-state index in [4.69, 9.17) is 0 Å². The fourth-order valence-electron chi connectivity index (χ4n) is 3.24. The summed E-state index contributed by atoms with van der Waals surface area (Å²) in [5.74, 6) is -0.160. The summed E-state index contributed by atoms with van der Waals surface area (Å²) in [4.78, 5) is 14.5. The molecule has 0 radical (unpaired) electrons. The number of alkyl halides is 3. The fraction of sp³-hybridized carbons (Fsp3) is 0.444. The molecule has 1 aromatic heterocycles. The minimum atomic E-state index is -4.43. The van der Waals surface area contributed by atoms with Crippen molar-refractivity contribution in [2.45, 2.75) is 32.0 Å². The molecule has 8 heteroatoms. The van der Waals surface area contributed by atoms with E-state index in [9.17, 15) is 18.0 Å². The van der Waals surface area contributed by atoms with Crippen LogP contribution in [0.2, 0.25) is 0 Å². The Morgan fingerprint density at radius 3 is 2.65 bits per heavy atom. The van der Waals surface area contributed by atoms with E-state index in [-0.39, 0.29) is 17.6 Å². The Balaban J connectivity index is 1.87. The van der Waals surface area contributed by atoms with Gasteiger partial charge in [0.15, 0.2) is 0 Å². The number of hydrogen-bond donors (Lipinski definition) is 1. The summed E-state index contributed by atoms with van der Waals surface area (Å²) in [5.41, 5.74) is 0.462. The predicted molar refractivity (Wildman–Crippen MR) is 91.3 cm³/mol. The smallest absolute Gasteiger partial charge is 0.339 e. The largest absolute Gasteiger partial charge is 0.416 e. The summed E-state index contributed by atoms with van der Waals surface area (Å²) >= 11 is 0. The number of hydrogen-bond acceptors (Lipinski definition) is 3. The molecule has 1 amide bonds. The zero-order valence-corrected chi connectivity index (χ0v) is 14.7. The van der Waals surface area contributed by atoms with Gasteiger partial charge in [-0.2, -0.15) is 18.3 Å². The van der Waals surface area contributed by atoms with Crippen molar-refractivity contribution in [2.75, 3.05) is 20.1 Å². The van der Waals surface area contributed by atoms with E-state index in [0.717, 1.165) is 38.1 Å². The van der Waals surface area contributed by atoms with Gasteiger partial charge in [0.1, 0.15) is 0 Å². The summed E-state index contributed by atoms with van der Waals surface area (Å²) in [6.45, 7) is 3.42. The van der Waals surface area contributed by atoms with E-state index in [0.29, 0.717) is 11.3 Å². The summed E-state index contributed by atoms with van der Waals surface area (Å²) < 4.78 is 40.2. The Labute approximate surface area is 149 Å². The molecule has 1 saturated heterocycles. The Morgan fingerprint density at radius 1 is 1.31 bits per heavy atom. The molecule has 1 aliphatic heterocycles. The quantitative estimate of drug-likeness (QED) is 0.909. The monoisotopic (exact) mass is 366 g/mol. The van der Waals surface area contributed by atoms with Gasteiger partial charge < -0.3 is 10.2 Å². The van der Waals surface area contributed by atoms with Crippen molar-refractivity contribution in [3.63, 3.8) is 0 Å². The van der Waals surface area contributed by atoms with Crippen molar-refractivity contribution in [3.8, 4) is 5.69 Å². The lowest BCUT2D eigenvalue weighted by Gasteiger charge is -2.31. The van der Waals surface area contributed by atoms with E-state index in [2.05, 4.69) is 10.4 Å². The van der Waals surface area contributed by atoms with Gasteiger partial charge in [0.05, 0.1) is 28.7 Å². The molecule has 2 heterocycles. The van der Waals surface area contributed by atoms with Crippen molar-refractivity contribution < 1.29 is 18.0 Å². The number of nitrogens with one attached hydrogen (secondary N) is 1. The minimum absolute atomic E-state index is 0.153. The predicted octanol–water partition coefficient (Wildman–Crippen LogP) is 3.02. The average molecular weight is 366 g/mol. The van der Waals surface area contributed by atoms with Gasteiger partial charge in [-0.1, -0.05) is 6.07 Å². The third-order valence-corrected chi connectivity index (χ3v) is 4.84. The maximum Gasteiger partial charge on any atom is 0.416 e. The number of piperidine rings is 1. The number of nitrogens with zero attached hydrogens (tertiary/aromatic N) is 3. The Bertz CT molecular complexity index is 794. The lowest BCUT2D eigenvalue weighted by Crippen LogP contribution is -2.44. The highest BCUT2D eigenvalue weighted by molar-refractivity contribution is 5.95. The molecule has 1 aromatic carbocycles. The van der Waals surface area contributed by atoms with Gasteiger partial charge in [0, 0.05) is 13.1 Å². The molecular weight excluding hydrogens is 345 g/mol. The van der Waals surface area contributed by atoms with E-state index in [1.54, 1.807) is 24.9 Å². The standard InChI is InChI=1S/C18H21F3N4O/c1-12-16(17(26)24(2)14-6-8-22-9-7-14)11-23-25(12)15-5-3-4-13(10-15)18(19,20)21/h3-5,10-11,14,22H,6-9H2,1-2H3. The van der Waals surface area contributed by atoms with Crippen LogP contribution in [0, 0.1) is 6.92 Å². The lowest BCUT2D eigenvalue weighted by molar-refractivity contribution is -0.137. The number of carbonyl (C=O) groups excluding carboxylic acids is 1. The molecule has 26 heavy (non-hydrogen) atoms. The second-order valence-electron chi connectivity index (χ2n) is 6.50. The Kier molecular flexibility index (Phi) is 5.04. The van der Waals surface area contributed by atoms with Crippen molar-refractivity contribution in [2.24, 2.45) is 0 Å². The summed E-state index contributed by atoms with van der Waals surface area (Å²) in [5, 5.41) is 7.40. The SMILES string of the molecule is Cc1c(C(=O)N(C)C2CCNCC2)cnn1-c1cccc(C(F)(F)F)c1. The number of carbonyl (C=O) groups is 1. The third-order valence-electron chi connectivity index (χ3n) is 4.84. The van der Waals surface area contributed by atoms with Crippen molar-refractivity contribution >= 4 is 5.91 Å². The molecule has 3 rings (SSSR count). The summed E-state index contributed by atoms with van der Waals surface area (Å²) in [7, 11) is 1.76. The zero-order chi connectivity index (χ0) is 18.9. The normalized spacial score (nSPS) is 15.9. The van der Waals surface area contributed by atoms with Crippen LogP contribution in [0.1, 0.15) is 34.5 Å². The molecule has 0 spiro atoms. The molecule has 0 aliphatic carbocycles. The van der Waals surface area contributed by atoms with Crippen LogP contribution in [0.3, 0.4) is 0 Å². The maximum absolute atomic E-state index is 12.9. The summed E-state index contributed by atoms with van der Waals surface area (Å²) in [6, 6.07) is 5.08. The van der Waals surface area contributed by atoms with E-state index in [1.807, 2.05) is 0 Å². The maximum atomic E-state index is 12.9. The minimum Gasteiger partial charge on any atom is -0.339 e. The first-order valence-corrected chi connectivity index (χ1v) is 8.49. The lowest BCUT2D eigenvalue weighted by atomic mass is 10.0. The van der Waals surface area contributed by atoms with Crippen LogP contribution in [0.5, 0.6) is 0 Å². The Hall–Kier alpha value is -2.35. The van der Waals surface area contributed by atoms with Crippen molar-refractivity contribution in [1.29, 1.82) is 0 Å². The number of aromatic nitrogens is 2. The molecule has 0 unspecified atom stereocenters. The fourth-order valence-corrected chi connectivity index (χ4v) is 3.24. The van der Waals surface area contributed by atoms with Gasteiger partial charge in [-0.05, 0) is 51.1 Å². The van der Waals surface area contributed by atoms with Crippen LogP contribution in [-0.4, -0.2) is 46.8 Å². The molecular formula is C18H21F3N4O. The highest BCUT2D eigenvalue weighted by atomic mass is 19.4. The first-order chi connectivity index (χ1) is 12.3. The van der Waals surface area contributed by atoms with Crippen LogP contribution >= 0.6 is 0 Å². The van der Waals surface area contributed by atoms with Crippen molar-refractivity contribution in [1.82, 2.24) is 20.0 Å². The van der Waals surface area contributed by atoms with Crippen LogP contribution in [0.15, 0.2) is 30.5 Å². The van der Waals surface area contributed by atoms with Gasteiger partial charge in [-0.3, -0.25) is 4.79 Å². The number of benzene rings is 1. The zero-order valence-electron chi connectivity index (χ0n) is 14.7. The van der Waals surface area contributed by atoms with Crippen molar-refractivity contribution in [3.05, 3.63) is 47.3 Å². The molecule has 5 nitrogen and oxygen atoms in total. The van der Waals surface area contributed by atoms with E-state index >= 15 is 0 Å². The highest BCUT2D eigenvalue weighted by Crippen LogP contribution is 2.30. The van der Waals surface area contributed by atoms with Crippen LogP contribution < -0.4 is 5.32 Å². The van der Waals surface area contributed by atoms with Gasteiger partial charge >= 0.3 is 6.18 Å². The van der Waals surface area contributed by atoms with Gasteiger partial charge in [-0.25, -0.2) is 4.68 Å². The van der Waals surface area contributed by atoms with Gasteiger partial charge in [0.25, 0.3) is 5.91 Å². The van der Waals surface area contributed by atoms with E-state index < -0.39 is 11.7 Å². The molecule has 1 aliphatic rings. The second-order valence-corrected chi connectivity index (χ2v) is 6.50. The first-order valence-electron chi connectivity index (χ1n) is 8.49. The highest BCUT2D eigenvalue weighted by Gasteiger charge is 2.31. The Morgan fingerprint density at radius 2 is 2.00 bits per heavy atom. The third kappa shape index (κ3) is 3.60. The average Bonchev–Trinajstić information content (AvgIpc) is 3.02. The molecule has 140 valence electrons. The number of halogens is 3. The number of amides is 1. The molecule has 0 saturated carbocycles. The van der Waals surface area contributed by atoms with E-state index in [1.165, 1.54) is 16.9 Å². The van der Waals surface area contributed by atoms with Gasteiger partial charge in [-0.15, -0.1) is 0 Å². The molecule has 1 N–H and O–H groups in total. The molecule has 2 aromatic rings. The van der Waals surface area contributed by atoms with Gasteiger partial charge in [0.2, 0.25) is 0 Å². The first kappa shape index (κ1) is 18.4. The van der Waals surface area contributed by atoms with Crippen LogP contribution in [-0.2, 0) is 6.18 Å². The summed E-state index contributed by atoms with van der Waals surface area (Å²) in [6.07, 6.45) is -1.24. The number of rotatable bonds is 3. The molecule has 0 bridgehead atoms. The molecule has 0 atom stereocenters. The topological polar surface area (TPSA) is 50.2 Å². The second kappa shape index (κ2) is 7.11. The molecule has 1 fully saturated rings. The van der Waals surface area contributed by atoms with Crippen LogP contribution in [0.4, 0.5) is 13.2 Å². The van der Waals surface area contributed by atoms with Crippen LogP contribution in [0.25, 0.3) is 5.69 Å².